The van der Waals surface area contributed by atoms with E-state index in [9.17, 15) is 13.2 Å². The van der Waals surface area contributed by atoms with E-state index in [1.54, 1.807) is 17.1 Å². The number of carbonyl (C=O) groups excluding carboxylic acids is 1. The van der Waals surface area contributed by atoms with Crippen LogP contribution in [0.15, 0.2) is 17.6 Å². The maximum absolute atomic E-state index is 13.0. The van der Waals surface area contributed by atoms with Gasteiger partial charge in [-0.15, -0.1) is 0 Å². The summed E-state index contributed by atoms with van der Waals surface area (Å²) in [5.74, 6) is -0.155. The van der Waals surface area contributed by atoms with Crippen molar-refractivity contribution in [1.82, 2.24) is 23.7 Å². The van der Waals surface area contributed by atoms with Crippen molar-refractivity contribution in [3.8, 4) is 0 Å². The second-order valence-electron chi connectivity index (χ2n) is 8.12. The Hall–Kier alpha value is -1.45. The summed E-state index contributed by atoms with van der Waals surface area (Å²) in [6, 6.07) is 0.151. The van der Waals surface area contributed by atoms with E-state index < -0.39 is 10.0 Å². The number of hydrogen-bond donors (Lipinski definition) is 0. The Morgan fingerprint density at radius 3 is 2.54 bits per heavy atom. The Bertz CT molecular complexity index is 768. The summed E-state index contributed by atoms with van der Waals surface area (Å²) >= 11 is 0. The third kappa shape index (κ3) is 4.58. The molecule has 1 aromatic heterocycles. The average Bonchev–Trinajstić information content (AvgIpc) is 3.20. The van der Waals surface area contributed by atoms with Gasteiger partial charge in [0.1, 0.15) is 0 Å². The highest BCUT2D eigenvalue weighted by molar-refractivity contribution is 7.89. The van der Waals surface area contributed by atoms with Gasteiger partial charge in [-0.25, -0.2) is 13.4 Å². The lowest BCUT2D eigenvalue weighted by Crippen LogP contribution is -2.53. The van der Waals surface area contributed by atoms with E-state index in [2.05, 4.69) is 16.8 Å². The van der Waals surface area contributed by atoms with Crippen LogP contribution < -0.4 is 0 Å². The zero-order valence-corrected chi connectivity index (χ0v) is 18.1. The summed E-state index contributed by atoms with van der Waals surface area (Å²) in [6.07, 6.45) is 5.71. The van der Waals surface area contributed by atoms with E-state index in [0.29, 0.717) is 13.0 Å². The number of nitrogens with zero attached hydrogens (tertiary/aromatic N) is 5. The molecule has 1 amide bonds. The number of sulfonamides is 1. The fourth-order valence-electron chi connectivity index (χ4n) is 3.99. The number of rotatable bonds is 6. The Morgan fingerprint density at radius 2 is 1.93 bits per heavy atom. The lowest BCUT2D eigenvalue weighted by Gasteiger charge is -2.38. The monoisotopic (exact) mass is 411 g/mol. The van der Waals surface area contributed by atoms with Crippen molar-refractivity contribution in [2.45, 2.75) is 51.1 Å². The molecule has 2 fully saturated rings. The first-order valence-corrected chi connectivity index (χ1v) is 11.8. The zero-order valence-electron chi connectivity index (χ0n) is 17.2. The second-order valence-corrected chi connectivity index (χ2v) is 10.0. The van der Waals surface area contributed by atoms with Gasteiger partial charge in [0.2, 0.25) is 5.91 Å². The molecular weight excluding hydrogens is 378 g/mol. The van der Waals surface area contributed by atoms with Crippen LogP contribution in [0.3, 0.4) is 0 Å². The lowest BCUT2D eigenvalue weighted by molar-refractivity contribution is -0.138. The topological polar surface area (TPSA) is 78.8 Å². The smallest absolute Gasteiger partial charge is 0.262 e. The minimum absolute atomic E-state index is 0.0717. The van der Waals surface area contributed by atoms with E-state index in [0.717, 1.165) is 45.6 Å². The molecule has 3 heterocycles. The molecule has 28 heavy (non-hydrogen) atoms. The number of carbonyl (C=O) groups is 1. The summed E-state index contributed by atoms with van der Waals surface area (Å²) in [4.78, 5) is 21.4. The molecule has 158 valence electrons. The molecule has 1 atom stereocenters. The molecule has 2 aliphatic heterocycles. The van der Waals surface area contributed by atoms with Crippen molar-refractivity contribution >= 4 is 15.9 Å². The van der Waals surface area contributed by atoms with Gasteiger partial charge in [0, 0.05) is 51.5 Å². The van der Waals surface area contributed by atoms with Gasteiger partial charge in [0.25, 0.3) is 10.0 Å². The number of hydrogen-bond acceptors (Lipinski definition) is 5. The molecule has 0 unspecified atom stereocenters. The van der Waals surface area contributed by atoms with Crippen molar-refractivity contribution in [2.75, 3.05) is 45.8 Å². The number of piperazine rings is 1. The maximum Gasteiger partial charge on any atom is 0.262 e. The highest BCUT2D eigenvalue weighted by atomic mass is 32.2. The molecule has 0 aliphatic carbocycles. The van der Waals surface area contributed by atoms with Crippen LogP contribution in [0.2, 0.25) is 0 Å². The highest BCUT2D eigenvalue weighted by Gasteiger charge is 2.36. The van der Waals surface area contributed by atoms with Crippen LogP contribution >= 0.6 is 0 Å². The summed E-state index contributed by atoms with van der Waals surface area (Å²) in [5, 5.41) is 0.0717. The maximum atomic E-state index is 13.0. The van der Waals surface area contributed by atoms with Crippen LogP contribution in [-0.2, 0) is 14.8 Å². The van der Waals surface area contributed by atoms with Gasteiger partial charge in [-0.2, -0.15) is 4.31 Å². The van der Waals surface area contributed by atoms with Crippen molar-refractivity contribution in [2.24, 2.45) is 5.92 Å². The number of piperidine rings is 1. The quantitative estimate of drug-likeness (QED) is 0.707. The molecule has 2 saturated heterocycles. The molecule has 0 saturated carbocycles. The molecule has 1 aromatic rings. The molecule has 0 N–H and O–H groups in total. The first-order chi connectivity index (χ1) is 13.3. The number of amides is 1. The first-order valence-electron chi connectivity index (χ1n) is 10.4. The molecule has 0 aromatic carbocycles. The standard InChI is InChI=1S/C19H33N5O3S/c1-4-7-21-9-11-22(12-10-21)19(25)17-6-5-8-24(13-17)28(26,27)18-14-23(15-20-18)16(2)3/h14-17H,4-13H2,1-3H3/t17-/m1/s1. The molecule has 8 nitrogen and oxygen atoms in total. The Labute approximate surface area is 168 Å². The van der Waals surface area contributed by atoms with Crippen LogP contribution in [0, 0.1) is 5.92 Å². The van der Waals surface area contributed by atoms with Gasteiger partial charge in [0.05, 0.1) is 12.2 Å². The largest absolute Gasteiger partial charge is 0.340 e. The van der Waals surface area contributed by atoms with E-state index in [-0.39, 0.29) is 29.4 Å². The van der Waals surface area contributed by atoms with Gasteiger partial charge >= 0.3 is 0 Å². The predicted molar refractivity (Wildman–Crippen MR) is 107 cm³/mol. The van der Waals surface area contributed by atoms with Gasteiger partial charge in [-0.05, 0) is 39.7 Å². The van der Waals surface area contributed by atoms with Crippen molar-refractivity contribution in [1.29, 1.82) is 0 Å². The number of aromatic nitrogens is 2. The number of imidazole rings is 1. The summed E-state index contributed by atoms with van der Waals surface area (Å²) < 4.78 is 29.2. The normalized spacial score (nSPS) is 22.7. The van der Waals surface area contributed by atoms with E-state index in [4.69, 9.17) is 0 Å². The molecule has 0 radical (unpaired) electrons. The molecule has 0 spiro atoms. The van der Waals surface area contributed by atoms with Crippen LogP contribution in [0.4, 0.5) is 0 Å². The summed E-state index contributed by atoms with van der Waals surface area (Å²) in [5.41, 5.74) is 0. The van der Waals surface area contributed by atoms with Crippen molar-refractivity contribution in [3.63, 3.8) is 0 Å². The first kappa shape index (κ1) is 21.3. The molecule has 0 bridgehead atoms. The van der Waals surface area contributed by atoms with Gasteiger partial charge in [0.15, 0.2) is 5.03 Å². The Balaban J connectivity index is 1.64. The fraction of sp³-hybridized carbons (Fsp3) is 0.789. The molecule has 2 aliphatic rings. The van der Waals surface area contributed by atoms with Crippen LogP contribution in [-0.4, -0.2) is 83.8 Å². The van der Waals surface area contributed by atoms with Crippen LogP contribution in [0.5, 0.6) is 0 Å². The SMILES string of the molecule is CCCN1CCN(C(=O)[C@@H]2CCCN(S(=O)(=O)c3cn(C(C)C)cn3)C2)CC1. The van der Waals surface area contributed by atoms with Gasteiger partial charge in [-0.1, -0.05) is 6.92 Å². The molecule has 9 heteroatoms. The van der Waals surface area contributed by atoms with E-state index in [1.165, 1.54) is 4.31 Å². The lowest BCUT2D eigenvalue weighted by atomic mass is 9.98. The Morgan fingerprint density at radius 1 is 1.21 bits per heavy atom. The average molecular weight is 412 g/mol. The van der Waals surface area contributed by atoms with Crippen molar-refractivity contribution < 1.29 is 13.2 Å². The zero-order chi connectivity index (χ0) is 20.3. The van der Waals surface area contributed by atoms with Crippen LogP contribution in [0.1, 0.15) is 46.1 Å². The van der Waals surface area contributed by atoms with E-state index in [1.807, 2.05) is 18.7 Å². The third-order valence-electron chi connectivity index (χ3n) is 5.74. The van der Waals surface area contributed by atoms with Crippen LogP contribution in [0.25, 0.3) is 0 Å². The van der Waals surface area contributed by atoms with E-state index >= 15 is 0 Å². The summed E-state index contributed by atoms with van der Waals surface area (Å²) in [6.45, 7) is 11.2. The second kappa shape index (κ2) is 8.92. The van der Waals surface area contributed by atoms with Gasteiger partial charge < -0.3 is 9.47 Å². The Kier molecular flexibility index (Phi) is 6.77. The predicted octanol–water partition coefficient (Wildman–Crippen LogP) is 1.42. The summed E-state index contributed by atoms with van der Waals surface area (Å²) in [7, 11) is -3.67. The minimum Gasteiger partial charge on any atom is -0.340 e. The minimum atomic E-state index is -3.67. The highest BCUT2D eigenvalue weighted by Crippen LogP contribution is 2.25. The molecule has 3 rings (SSSR count). The third-order valence-corrected chi connectivity index (χ3v) is 7.49. The molecular formula is C19H33N5O3S. The van der Waals surface area contributed by atoms with Crippen molar-refractivity contribution in [3.05, 3.63) is 12.5 Å². The van der Waals surface area contributed by atoms with Gasteiger partial charge in [-0.3, -0.25) is 9.69 Å². The fourth-order valence-corrected chi connectivity index (χ4v) is 5.44.